The van der Waals surface area contributed by atoms with Crippen molar-refractivity contribution in [1.29, 1.82) is 0 Å². The van der Waals surface area contributed by atoms with Crippen LogP contribution >= 0.6 is 11.6 Å². The fourth-order valence-electron chi connectivity index (χ4n) is 0.874. The number of halogens is 2. The van der Waals surface area contributed by atoms with Crippen LogP contribution in [0.5, 0.6) is 5.75 Å². The largest absolute Gasteiger partial charge is 0.489 e. The van der Waals surface area contributed by atoms with Gasteiger partial charge in [-0.05, 0) is 9.91 Å². The zero-order chi connectivity index (χ0) is 10.7. The number of methoxy groups -OCH3 is 1. The molecule has 0 N–H and O–H groups in total. The van der Waals surface area contributed by atoms with E-state index in [2.05, 4.69) is 9.72 Å². The zero-order valence-electron chi connectivity index (χ0n) is 7.16. The van der Waals surface area contributed by atoms with Gasteiger partial charge in [-0.1, -0.05) is 0 Å². The van der Waals surface area contributed by atoms with Gasteiger partial charge in [-0.15, -0.1) is 11.6 Å². The van der Waals surface area contributed by atoms with Crippen LogP contribution in [0.25, 0.3) is 0 Å². The first-order valence-corrected chi connectivity index (χ1v) is 4.07. The van der Waals surface area contributed by atoms with Crippen LogP contribution < -0.4 is 4.74 Å². The summed E-state index contributed by atoms with van der Waals surface area (Å²) in [6.45, 7) is 0. The van der Waals surface area contributed by atoms with E-state index in [0.717, 1.165) is 6.07 Å². The monoisotopic (exact) mass is 220 g/mol. The third-order valence-corrected chi connectivity index (χ3v) is 1.77. The lowest BCUT2D eigenvalue weighted by Gasteiger charge is -2.01. The second-order valence-corrected chi connectivity index (χ2v) is 2.60. The highest BCUT2D eigenvalue weighted by atomic mass is 35.5. The van der Waals surface area contributed by atoms with Crippen molar-refractivity contribution in [2.24, 2.45) is 0 Å². The van der Waals surface area contributed by atoms with Crippen molar-refractivity contribution in [1.82, 2.24) is 4.98 Å². The molecule has 7 heteroatoms. The minimum Gasteiger partial charge on any atom is -0.489 e. The molecule has 0 aromatic carbocycles. The summed E-state index contributed by atoms with van der Waals surface area (Å²) >= 11 is 5.34. The van der Waals surface area contributed by atoms with Crippen LogP contribution in [-0.4, -0.2) is 17.0 Å². The van der Waals surface area contributed by atoms with Crippen molar-refractivity contribution in [2.75, 3.05) is 7.11 Å². The molecule has 0 unspecified atom stereocenters. The molecule has 0 saturated heterocycles. The van der Waals surface area contributed by atoms with Gasteiger partial charge < -0.3 is 14.9 Å². The van der Waals surface area contributed by atoms with Crippen LogP contribution in [0.4, 0.5) is 10.2 Å². The lowest BCUT2D eigenvalue weighted by Crippen LogP contribution is -2.01. The Morgan fingerprint density at radius 2 is 2.43 bits per heavy atom. The van der Waals surface area contributed by atoms with Gasteiger partial charge in [0.1, 0.15) is 0 Å². The van der Waals surface area contributed by atoms with Crippen LogP contribution in [0.15, 0.2) is 6.07 Å². The quantitative estimate of drug-likeness (QED) is 0.443. The van der Waals surface area contributed by atoms with E-state index < -0.39 is 16.6 Å². The Bertz CT molecular complexity index is 372. The summed E-state index contributed by atoms with van der Waals surface area (Å²) in [7, 11) is 1.20. The number of hydrogen-bond acceptors (Lipinski definition) is 4. The van der Waals surface area contributed by atoms with Gasteiger partial charge in [0.25, 0.3) is 0 Å². The molecular formula is C7H6ClFN2O3. The van der Waals surface area contributed by atoms with Gasteiger partial charge in [-0.3, -0.25) is 0 Å². The summed E-state index contributed by atoms with van der Waals surface area (Å²) in [5.41, 5.74) is -0.167. The molecule has 76 valence electrons. The fourth-order valence-corrected chi connectivity index (χ4v) is 1.06. The number of alkyl halides is 1. The number of aromatic nitrogens is 1. The first kappa shape index (κ1) is 10.6. The molecule has 14 heavy (non-hydrogen) atoms. The number of nitrogens with zero attached hydrogens (tertiary/aromatic N) is 2. The van der Waals surface area contributed by atoms with Crippen LogP contribution in [0.2, 0.25) is 0 Å². The van der Waals surface area contributed by atoms with Crippen LogP contribution in [-0.2, 0) is 5.88 Å². The van der Waals surface area contributed by atoms with E-state index in [1.807, 2.05) is 0 Å². The first-order chi connectivity index (χ1) is 6.60. The number of hydrogen-bond donors (Lipinski definition) is 0. The summed E-state index contributed by atoms with van der Waals surface area (Å²) in [6.07, 6.45) is 0. The van der Waals surface area contributed by atoms with Gasteiger partial charge in [0, 0.05) is 6.07 Å². The second-order valence-electron chi connectivity index (χ2n) is 2.33. The van der Waals surface area contributed by atoms with Gasteiger partial charge >= 0.3 is 5.82 Å². The van der Waals surface area contributed by atoms with Crippen LogP contribution in [0.3, 0.4) is 0 Å². The van der Waals surface area contributed by atoms with E-state index in [1.54, 1.807) is 0 Å². The van der Waals surface area contributed by atoms with E-state index in [4.69, 9.17) is 11.6 Å². The maximum absolute atomic E-state index is 13.0. The van der Waals surface area contributed by atoms with Crippen molar-refractivity contribution in [2.45, 2.75) is 5.88 Å². The Morgan fingerprint density at radius 3 is 2.86 bits per heavy atom. The minimum atomic E-state index is -0.756. The molecule has 0 aliphatic rings. The molecule has 0 amide bonds. The smallest absolute Gasteiger partial charge is 0.406 e. The highest BCUT2D eigenvalue weighted by Gasteiger charge is 2.22. The number of nitro groups is 1. The first-order valence-electron chi connectivity index (χ1n) is 3.54. The highest BCUT2D eigenvalue weighted by Crippen LogP contribution is 2.26. The average Bonchev–Trinajstić information content (AvgIpc) is 2.16. The molecule has 0 saturated carbocycles. The van der Waals surface area contributed by atoms with E-state index >= 15 is 0 Å². The Kier molecular flexibility index (Phi) is 3.19. The SMILES string of the molecule is COc1cc(F)c(CCl)nc1[N+](=O)[O-]. The molecule has 0 radical (unpaired) electrons. The topological polar surface area (TPSA) is 65.3 Å². The minimum absolute atomic E-state index is 0.167. The third-order valence-electron chi connectivity index (χ3n) is 1.51. The second kappa shape index (κ2) is 4.19. The van der Waals surface area contributed by atoms with E-state index in [-0.39, 0.29) is 17.3 Å². The summed E-state index contributed by atoms with van der Waals surface area (Å²) in [4.78, 5) is 13.1. The molecular weight excluding hydrogens is 215 g/mol. The molecule has 0 atom stereocenters. The van der Waals surface area contributed by atoms with E-state index in [1.165, 1.54) is 7.11 Å². The van der Waals surface area contributed by atoms with Crippen molar-refractivity contribution < 1.29 is 14.1 Å². The molecule has 0 aliphatic heterocycles. The normalized spacial score (nSPS) is 9.93. The number of ether oxygens (including phenoxy) is 1. The standard InChI is InChI=1S/C7H6ClFN2O3/c1-14-6-2-4(9)5(3-8)10-7(6)11(12)13/h2H,3H2,1H3. The van der Waals surface area contributed by atoms with Gasteiger partial charge in [-0.2, -0.15) is 0 Å². The summed E-state index contributed by atoms with van der Waals surface area (Å²) in [5.74, 6) is -1.70. The lowest BCUT2D eigenvalue weighted by atomic mass is 10.3. The van der Waals surface area contributed by atoms with E-state index in [0.29, 0.717) is 0 Å². The van der Waals surface area contributed by atoms with E-state index in [9.17, 15) is 14.5 Å². The van der Waals surface area contributed by atoms with Crippen molar-refractivity contribution in [3.05, 3.63) is 27.7 Å². The summed E-state index contributed by atoms with van der Waals surface area (Å²) in [6, 6.07) is 0.892. The van der Waals surface area contributed by atoms with Gasteiger partial charge in [0.15, 0.2) is 5.82 Å². The molecule has 5 nitrogen and oxygen atoms in total. The van der Waals surface area contributed by atoms with Gasteiger partial charge in [0.05, 0.1) is 13.0 Å². The average molecular weight is 221 g/mol. The lowest BCUT2D eigenvalue weighted by molar-refractivity contribution is -0.390. The Hall–Kier alpha value is -1.43. The third kappa shape index (κ3) is 1.90. The van der Waals surface area contributed by atoms with Crippen LogP contribution in [0, 0.1) is 15.9 Å². The number of rotatable bonds is 3. The Labute approximate surface area is 83.6 Å². The number of pyridine rings is 1. The molecule has 0 fully saturated rings. The summed E-state index contributed by atoms with van der Waals surface area (Å²) in [5, 5.41) is 10.5. The summed E-state index contributed by atoms with van der Waals surface area (Å²) < 4.78 is 17.6. The Morgan fingerprint density at radius 1 is 1.79 bits per heavy atom. The predicted molar refractivity (Wildman–Crippen MR) is 47.0 cm³/mol. The van der Waals surface area contributed by atoms with Gasteiger partial charge in [-0.25, -0.2) is 4.39 Å². The molecule has 0 aliphatic carbocycles. The van der Waals surface area contributed by atoms with Crippen LogP contribution in [0.1, 0.15) is 5.69 Å². The van der Waals surface area contributed by atoms with Crippen molar-refractivity contribution >= 4 is 17.4 Å². The molecule has 1 aromatic rings. The molecule has 0 bridgehead atoms. The highest BCUT2D eigenvalue weighted by molar-refractivity contribution is 6.16. The Balaban J connectivity index is 3.32. The maximum Gasteiger partial charge on any atom is 0.406 e. The molecule has 1 heterocycles. The maximum atomic E-state index is 13.0. The molecule has 1 aromatic heterocycles. The molecule has 1 rings (SSSR count). The van der Waals surface area contributed by atoms with Crippen molar-refractivity contribution in [3.8, 4) is 5.75 Å². The fraction of sp³-hybridized carbons (Fsp3) is 0.286. The molecule has 0 spiro atoms. The van der Waals surface area contributed by atoms with Gasteiger partial charge in [0.2, 0.25) is 11.4 Å². The zero-order valence-corrected chi connectivity index (χ0v) is 7.92. The van der Waals surface area contributed by atoms with Crippen molar-refractivity contribution in [3.63, 3.8) is 0 Å². The predicted octanol–water partition coefficient (Wildman–Crippen LogP) is 1.88.